The van der Waals surface area contributed by atoms with E-state index in [9.17, 15) is 0 Å². The minimum absolute atomic E-state index is 0.340. The minimum atomic E-state index is 0.340. The van der Waals surface area contributed by atoms with Crippen molar-refractivity contribution in [3.05, 3.63) is 0 Å². The summed E-state index contributed by atoms with van der Waals surface area (Å²) in [6.45, 7) is 6.43. The van der Waals surface area contributed by atoms with E-state index >= 15 is 0 Å². The van der Waals surface area contributed by atoms with E-state index < -0.39 is 0 Å². The smallest absolute Gasteiger partial charge is 0.0644 e. The lowest BCUT2D eigenvalue weighted by atomic mass is 9.65. The minimum Gasteiger partial charge on any atom is -0.378 e. The summed E-state index contributed by atoms with van der Waals surface area (Å²) < 4.78 is 5.80. The van der Waals surface area contributed by atoms with Crippen LogP contribution in [0.3, 0.4) is 0 Å². The topological polar surface area (TPSA) is 35.2 Å². The molecule has 14 heavy (non-hydrogen) atoms. The highest BCUT2D eigenvalue weighted by Crippen LogP contribution is 2.48. The third-order valence-corrected chi connectivity index (χ3v) is 4.42. The molecule has 82 valence electrons. The van der Waals surface area contributed by atoms with E-state index in [1.807, 2.05) is 0 Å². The second-order valence-electron chi connectivity index (χ2n) is 5.46. The van der Waals surface area contributed by atoms with Crippen LogP contribution in [0.1, 0.15) is 39.5 Å². The maximum Gasteiger partial charge on any atom is 0.0644 e. The van der Waals surface area contributed by atoms with Crippen LogP contribution in [0.5, 0.6) is 0 Å². The average Bonchev–Trinajstić information content (AvgIpc) is 2.60. The fraction of sp³-hybridized carbons (Fsp3) is 1.00. The summed E-state index contributed by atoms with van der Waals surface area (Å²) in [6, 6.07) is 0. The van der Waals surface area contributed by atoms with E-state index in [0.29, 0.717) is 11.5 Å². The van der Waals surface area contributed by atoms with Gasteiger partial charge < -0.3 is 10.5 Å². The summed E-state index contributed by atoms with van der Waals surface area (Å²) in [4.78, 5) is 0. The zero-order chi connectivity index (χ0) is 10.2. The van der Waals surface area contributed by atoms with Crippen LogP contribution in [0.2, 0.25) is 0 Å². The molecule has 2 N–H and O–H groups in total. The molecule has 0 aromatic heterocycles. The van der Waals surface area contributed by atoms with Crippen LogP contribution < -0.4 is 5.73 Å². The molecule has 0 radical (unpaired) electrons. The predicted molar refractivity (Wildman–Crippen MR) is 58.0 cm³/mol. The molecule has 0 amide bonds. The van der Waals surface area contributed by atoms with Gasteiger partial charge in [0.15, 0.2) is 0 Å². The molecule has 0 unspecified atom stereocenters. The lowest BCUT2D eigenvalue weighted by Gasteiger charge is -2.42. The van der Waals surface area contributed by atoms with Crippen LogP contribution in [0.4, 0.5) is 0 Å². The SMILES string of the molecule is CC(C)[C@@H]1CC[C@@H]2OCC[C@@]2(CN)C1. The molecule has 1 aliphatic carbocycles. The molecule has 2 rings (SSSR count). The molecule has 2 nitrogen and oxygen atoms in total. The van der Waals surface area contributed by atoms with E-state index in [4.69, 9.17) is 10.5 Å². The largest absolute Gasteiger partial charge is 0.378 e. The molecule has 2 fully saturated rings. The van der Waals surface area contributed by atoms with Crippen molar-refractivity contribution in [1.82, 2.24) is 0 Å². The van der Waals surface area contributed by atoms with Gasteiger partial charge in [-0.15, -0.1) is 0 Å². The van der Waals surface area contributed by atoms with Crippen molar-refractivity contribution in [2.24, 2.45) is 23.0 Å². The van der Waals surface area contributed by atoms with Crippen molar-refractivity contribution < 1.29 is 4.74 Å². The van der Waals surface area contributed by atoms with Gasteiger partial charge in [0.1, 0.15) is 0 Å². The standard InChI is InChI=1S/C12H23NO/c1-9(2)10-3-4-11-12(7-10,8-13)5-6-14-11/h9-11H,3-8,13H2,1-2H3/t10-,11+,12+/m1/s1. The molecule has 0 aromatic rings. The van der Waals surface area contributed by atoms with Crippen molar-refractivity contribution in [1.29, 1.82) is 0 Å². The Balaban J connectivity index is 2.09. The Bertz CT molecular complexity index is 204. The Hall–Kier alpha value is -0.0800. The quantitative estimate of drug-likeness (QED) is 0.736. The Morgan fingerprint density at radius 1 is 1.43 bits per heavy atom. The molecule has 1 saturated heterocycles. The summed E-state index contributed by atoms with van der Waals surface area (Å²) in [5, 5.41) is 0. The van der Waals surface area contributed by atoms with Crippen molar-refractivity contribution >= 4 is 0 Å². The fourth-order valence-corrected chi connectivity index (χ4v) is 3.24. The Morgan fingerprint density at radius 3 is 2.86 bits per heavy atom. The van der Waals surface area contributed by atoms with E-state index in [0.717, 1.165) is 25.0 Å². The highest BCUT2D eigenvalue weighted by molar-refractivity contribution is 4.98. The highest BCUT2D eigenvalue weighted by atomic mass is 16.5. The first-order chi connectivity index (χ1) is 6.68. The van der Waals surface area contributed by atoms with E-state index in [-0.39, 0.29) is 0 Å². The van der Waals surface area contributed by atoms with Crippen LogP contribution in [0, 0.1) is 17.3 Å². The summed E-state index contributed by atoms with van der Waals surface area (Å²) in [5.74, 6) is 1.68. The molecule has 2 aliphatic rings. The molecule has 0 spiro atoms. The van der Waals surface area contributed by atoms with E-state index in [1.54, 1.807) is 0 Å². The van der Waals surface area contributed by atoms with Gasteiger partial charge >= 0.3 is 0 Å². The summed E-state index contributed by atoms with van der Waals surface area (Å²) in [7, 11) is 0. The van der Waals surface area contributed by atoms with E-state index in [2.05, 4.69) is 13.8 Å². The monoisotopic (exact) mass is 197 g/mol. The van der Waals surface area contributed by atoms with Gasteiger partial charge in [0.2, 0.25) is 0 Å². The van der Waals surface area contributed by atoms with Gasteiger partial charge in [-0.25, -0.2) is 0 Å². The summed E-state index contributed by atoms with van der Waals surface area (Å²) in [6.07, 6.45) is 5.54. The molecule has 1 saturated carbocycles. The van der Waals surface area contributed by atoms with E-state index in [1.165, 1.54) is 25.7 Å². The molecule has 2 heteroatoms. The normalized spacial score (nSPS) is 42.9. The van der Waals surface area contributed by atoms with Crippen LogP contribution in [0.15, 0.2) is 0 Å². The van der Waals surface area contributed by atoms with Gasteiger partial charge in [-0.1, -0.05) is 13.8 Å². The number of nitrogens with two attached hydrogens (primary N) is 1. The van der Waals surface area contributed by atoms with Gasteiger partial charge in [0.05, 0.1) is 6.10 Å². The fourth-order valence-electron chi connectivity index (χ4n) is 3.24. The number of rotatable bonds is 2. The molecule has 0 aromatic carbocycles. The van der Waals surface area contributed by atoms with Crippen LogP contribution in [0.25, 0.3) is 0 Å². The summed E-state index contributed by atoms with van der Waals surface area (Å²) >= 11 is 0. The second-order valence-corrected chi connectivity index (χ2v) is 5.46. The second kappa shape index (κ2) is 3.82. The van der Waals surface area contributed by atoms with Gasteiger partial charge in [0.25, 0.3) is 0 Å². The van der Waals surface area contributed by atoms with Crippen LogP contribution >= 0.6 is 0 Å². The molecule has 0 bridgehead atoms. The Morgan fingerprint density at radius 2 is 2.21 bits per heavy atom. The zero-order valence-corrected chi connectivity index (χ0v) is 9.46. The molecular weight excluding hydrogens is 174 g/mol. The van der Waals surface area contributed by atoms with Gasteiger partial charge in [-0.05, 0) is 37.5 Å². The van der Waals surface area contributed by atoms with Gasteiger partial charge in [0, 0.05) is 18.6 Å². The molecule has 3 atom stereocenters. The van der Waals surface area contributed by atoms with Gasteiger partial charge in [-0.2, -0.15) is 0 Å². The maximum absolute atomic E-state index is 5.96. The Kier molecular flexibility index (Phi) is 2.85. The van der Waals surface area contributed by atoms with Crippen LogP contribution in [-0.2, 0) is 4.74 Å². The Labute approximate surface area is 87.2 Å². The maximum atomic E-state index is 5.96. The number of fused-ring (bicyclic) bond motifs is 1. The first kappa shape index (κ1) is 10.4. The lowest BCUT2D eigenvalue weighted by Crippen LogP contribution is -2.44. The first-order valence-electron chi connectivity index (χ1n) is 5.99. The van der Waals surface area contributed by atoms with Crippen molar-refractivity contribution in [2.75, 3.05) is 13.2 Å². The van der Waals surface area contributed by atoms with Gasteiger partial charge in [-0.3, -0.25) is 0 Å². The predicted octanol–water partition coefficient (Wildman–Crippen LogP) is 2.18. The van der Waals surface area contributed by atoms with Crippen molar-refractivity contribution in [3.8, 4) is 0 Å². The average molecular weight is 197 g/mol. The van der Waals surface area contributed by atoms with Crippen LogP contribution in [-0.4, -0.2) is 19.3 Å². The lowest BCUT2D eigenvalue weighted by molar-refractivity contribution is -0.00523. The summed E-state index contributed by atoms with van der Waals surface area (Å²) in [5.41, 5.74) is 6.30. The number of hydrogen-bond donors (Lipinski definition) is 1. The highest BCUT2D eigenvalue weighted by Gasteiger charge is 2.47. The number of hydrogen-bond acceptors (Lipinski definition) is 2. The van der Waals surface area contributed by atoms with Crippen molar-refractivity contribution in [2.45, 2.75) is 45.6 Å². The zero-order valence-electron chi connectivity index (χ0n) is 9.46. The third-order valence-electron chi connectivity index (χ3n) is 4.42. The molecule has 1 heterocycles. The molecular formula is C12H23NO. The first-order valence-corrected chi connectivity index (χ1v) is 5.99. The van der Waals surface area contributed by atoms with Crippen molar-refractivity contribution in [3.63, 3.8) is 0 Å². The number of ether oxygens (including phenoxy) is 1. The molecule has 1 aliphatic heterocycles. The third kappa shape index (κ3) is 1.59.